The van der Waals surface area contributed by atoms with Gasteiger partial charge in [-0.3, -0.25) is 0 Å². The van der Waals surface area contributed by atoms with Crippen LogP contribution in [0.4, 0.5) is 18.0 Å². The fraction of sp³-hybridized carbons (Fsp3) is 0.800. The molecule has 64 valence electrons. The number of cyclic esters (lactones) is 2. The molecule has 2 atom stereocenters. The third kappa shape index (κ3) is 1.55. The lowest BCUT2D eigenvalue weighted by molar-refractivity contribution is -0.201. The van der Waals surface area contributed by atoms with E-state index in [9.17, 15) is 18.0 Å². The van der Waals surface area contributed by atoms with Gasteiger partial charge in [-0.15, -0.1) is 0 Å². The number of hydrogen-bond acceptors (Lipinski definition) is 3. The van der Waals surface area contributed by atoms with E-state index >= 15 is 0 Å². The average molecular weight is 170 g/mol. The SMILES string of the molecule is CC1OC(=O)OC1C(F)(F)F. The van der Waals surface area contributed by atoms with E-state index < -0.39 is 24.5 Å². The van der Waals surface area contributed by atoms with Gasteiger partial charge in [0, 0.05) is 0 Å². The van der Waals surface area contributed by atoms with Crippen molar-refractivity contribution in [2.24, 2.45) is 0 Å². The maximum Gasteiger partial charge on any atom is 0.509 e. The van der Waals surface area contributed by atoms with Crippen molar-refractivity contribution in [1.29, 1.82) is 0 Å². The summed E-state index contributed by atoms with van der Waals surface area (Å²) in [6, 6.07) is 0. The Hall–Kier alpha value is -0.940. The molecule has 1 saturated heterocycles. The van der Waals surface area contributed by atoms with Gasteiger partial charge in [-0.1, -0.05) is 0 Å². The number of carbonyl (C=O) groups is 1. The highest BCUT2D eigenvalue weighted by molar-refractivity contribution is 5.62. The fourth-order valence-electron chi connectivity index (χ4n) is 0.774. The summed E-state index contributed by atoms with van der Waals surface area (Å²) >= 11 is 0. The first-order valence-electron chi connectivity index (χ1n) is 2.85. The fourth-order valence-corrected chi connectivity index (χ4v) is 0.774. The standard InChI is InChI=1S/C5H5F3O3/c1-2-3(5(6,7)8)11-4(9)10-2/h2-3H,1H3. The second kappa shape index (κ2) is 2.28. The summed E-state index contributed by atoms with van der Waals surface area (Å²) in [6.45, 7) is 1.13. The highest BCUT2D eigenvalue weighted by Gasteiger charge is 2.52. The number of halogens is 3. The molecule has 1 heterocycles. The van der Waals surface area contributed by atoms with Crippen molar-refractivity contribution in [3.05, 3.63) is 0 Å². The third-order valence-electron chi connectivity index (χ3n) is 1.25. The van der Waals surface area contributed by atoms with Crippen molar-refractivity contribution in [2.75, 3.05) is 0 Å². The van der Waals surface area contributed by atoms with Gasteiger partial charge in [0.25, 0.3) is 0 Å². The second-order valence-corrected chi connectivity index (χ2v) is 2.15. The minimum absolute atomic E-state index is 1.13. The van der Waals surface area contributed by atoms with Crippen LogP contribution in [-0.4, -0.2) is 24.5 Å². The number of carbonyl (C=O) groups excluding carboxylic acids is 1. The van der Waals surface area contributed by atoms with Crippen LogP contribution in [0.3, 0.4) is 0 Å². The topological polar surface area (TPSA) is 35.5 Å². The normalized spacial score (nSPS) is 31.5. The lowest BCUT2D eigenvalue weighted by atomic mass is 10.2. The molecule has 1 aliphatic rings. The molecule has 0 spiro atoms. The molecule has 11 heavy (non-hydrogen) atoms. The van der Waals surface area contributed by atoms with Crippen molar-refractivity contribution < 1.29 is 27.4 Å². The predicted molar refractivity (Wildman–Crippen MR) is 26.9 cm³/mol. The summed E-state index contributed by atoms with van der Waals surface area (Å²) in [5.41, 5.74) is 0. The van der Waals surface area contributed by atoms with Crippen molar-refractivity contribution in [3.63, 3.8) is 0 Å². The van der Waals surface area contributed by atoms with Gasteiger partial charge >= 0.3 is 12.3 Å². The summed E-state index contributed by atoms with van der Waals surface area (Å²) in [6.07, 6.45) is -9.16. The minimum atomic E-state index is -4.54. The van der Waals surface area contributed by atoms with Crippen molar-refractivity contribution in [3.8, 4) is 0 Å². The minimum Gasteiger partial charge on any atom is -0.427 e. The Bertz CT molecular complexity index is 176. The number of hydrogen-bond donors (Lipinski definition) is 0. The Morgan fingerprint density at radius 3 is 2.09 bits per heavy atom. The monoisotopic (exact) mass is 170 g/mol. The highest BCUT2D eigenvalue weighted by atomic mass is 19.4. The molecular formula is C5H5F3O3. The van der Waals surface area contributed by atoms with Gasteiger partial charge < -0.3 is 9.47 Å². The molecule has 0 amide bonds. The average Bonchev–Trinajstić information content (AvgIpc) is 2.08. The van der Waals surface area contributed by atoms with E-state index in [0.717, 1.165) is 6.92 Å². The zero-order valence-electron chi connectivity index (χ0n) is 5.51. The van der Waals surface area contributed by atoms with E-state index in [1.807, 2.05) is 0 Å². The van der Waals surface area contributed by atoms with E-state index in [1.165, 1.54) is 0 Å². The number of ether oxygens (including phenoxy) is 2. The van der Waals surface area contributed by atoms with Crippen LogP contribution in [0.1, 0.15) is 6.92 Å². The summed E-state index contributed by atoms with van der Waals surface area (Å²) in [4.78, 5) is 10.2. The molecular weight excluding hydrogens is 165 g/mol. The maximum absolute atomic E-state index is 11.8. The lowest BCUT2D eigenvalue weighted by Crippen LogP contribution is -2.35. The zero-order valence-corrected chi connectivity index (χ0v) is 5.51. The van der Waals surface area contributed by atoms with Crippen LogP contribution in [-0.2, 0) is 9.47 Å². The quantitative estimate of drug-likeness (QED) is 0.516. The third-order valence-corrected chi connectivity index (χ3v) is 1.25. The highest BCUT2D eigenvalue weighted by Crippen LogP contribution is 2.30. The molecule has 1 rings (SSSR count). The van der Waals surface area contributed by atoms with Gasteiger partial charge in [0.15, 0.2) is 0 Å². The van der Waals surface area contributed by atoms with Gasteiger partial charge in [0.05, 0.1) is 0 Å². The lowest BCUT2D eigenvalue weighted by Gasteiger charge is -2.13. The smallest absolute Gasteiger partial charge is 0.427 e. The molecule has 1 fully saturated rings. The first-order valence-corrected chi connectivity index (χ1v) is 2.85. The zero-order chi connectivity index (χ0) is 8.65. The van der Waals surface area contributed by atoms with Crippen LogP contribution in [0.2, 0.25) is 0 Å². The predicted octanol–water partition coefficient (Wildman–Crippen LogP) is 1.47. The number of rotatable bonds is 0. The van der Waals surface area contributed by atoms with E-state index in [2.05, 4.69) is 9.47 Å². The maximum atomic E-state index is 11.8. The van der Waals surface area contributed by atoms with E-state index in [0.29, 0.717) is 0 Å². The molecule has 0 bridgehead atoms. The van der Waals surface area contributed by atoms with Gasteiger partial charge in [0.1, 0.15) is 6.10 Å². The summed E-state index contributed by atoms with van der Waals surface area (Å²) in [5, 5.41) is 0. The van der Waals surface area contributed by atoms with E-state index in [4.69, 9.17) is 0 Å². The van der Waals surface area contributed by atoms with Crippen LogP contribution in [0.15, 0.2) is 0 Å². The molecule has 0 aromatic rings. The molecule has 0 radical (unpaired) electrons. The molecule has 0 N–H and O–H groups in total. The van der Waals surface area contributed by atoms with Crippen LogP contribution >= 0.6 is 0 Å². The van der Waals surface area contributed by atoms with E-state index in [1.54, 1.807) is 0 Å². The summed E-state index contributed by atoms with van der Waals surface area (Å²) in [7, 11) is 0. The van der Waals surface area contributed by atoms with Crippen molar-refractivity contribution in [1.82, 2.24) is 0 Å². The Labute approximate surface area is 60.1 Å². The Kier molecular flexibility index (Phi) is 1.69. The molecule has 3 nitrogen and oxygen atoms in total. The molecule has 0 aromatic carbocycles. The first kappa shape index (κ1) is 8.16. The van der Waals surface area contributed by atoms with E-state index in [-0.39, 0.29) is 0 Å². The van der Waals surface area contributed by atoms with Crippen LogP contribution in [0.25, 0.3) is 0 Å². The molecule has 2 unspecified atom stereocenters. The van der Waals surface area contributed by atoms with Crippen LogP contribution < -0.4 is 0 Å². The molecule has 0 aliphatic carbocycles. The Balaban J connectivity index is 2.67. The summed E-state index contributed by atoms with van der Waals surface area (Å²) in [5.74, 6) is 0. The molecule has 0 aromatic heterocycles. The molecule has 6 heteroatoms. The molecule has 0 saturated carbocycles. The van der Waals surface area contributed by atoms with Crippen LogP contribution in [0, 0.1) is 0 Å². The summed E-state index contributed by atoms with van der Waals surface area (Å²) < 4.78 is 43.5. The molecule has 1 aliphatic heterocycles. The van der Waals surface area contributed by atoms with Gasteiger partial charge in [0.2, 0.25) is 6.10 Å². The van der Waals surface area contributed by atoms with Gasteiger partial charge in [-0.25, -0.2) is 4.79 Å². The van der Waals surface area contributed by atoms with Gasteiger partial charge in [-0.05, 0) is 6.92 Å². The van der Waals surface area contributed by atoms with Gasteiger partial charge in [-0.2, -0.15) is 13.2 Å². The first-order chi connectivity index (χ1) is 4.91. The van der Waals surface area contributed by atoms with Crippen molar-refractivity contribution >= 4 is 6.16 Å². The van der Waals surface area contributed by atoms with Crippen molar-refractivity contribution in [2.45, 2.75) is 25.3 Å². The van der Waals surface area contributed by atoms with Crippen LogP contribution in [0.5, 0.6) is 0 Å². The number of alkyl halides is 3. The largest absolute Gasteiger partial charge is 0.509 e. The Morgan fingerprint density at radius 2 is 1.91 bits per heavy atom. The second-order valence-electron chi connectivity index (χ2n) is 2.15. The Morgan fingerprint density at radius 1 is 1.36 bits per heavy atom.